The second-order valence-electron chi connectivity index (χ2n) is 4.59. The van der Waals surface area contributed by atoms with E-state index < -0.39 is 5.97 Å². The lowest BCUT2D eigenvalue weighted by Crippen LogP contribution is -2.01. The molecule has 4 nitrogen and oxygen atoms in total. The van der Waals surface area contributed by atoms with Gasteiger partial charge >= 0.3 is 5.97 Å². The van der Waals surface area contributed by atoms with E-state index in [1.54, 1.807) is 37.4 Å². The van der Waals surface area contributed by atoms with Gasteiger partial charge in [-0.1, -0.05) is 35.3 Å². The van der Waals surface area contributed by atoms with Crippen LogP contribution in [0.5, 0.6) is 11.5 Å². The lowest BCUT2D eigenvalue weighted by atomic mass is 10.1. The standard InChI is InChI=1S/C16H14Cl2O4/c1-21-14-4-3-11(7-12(14)17)9-22-15-5-2-10(6-13(15)18)8-16(19)20/h2-7H,8-9H2,1H3,(H,19,20). The van der Waals surface area contributed by atoms with E-state index in [0.717, 1.165) is 5.56 Å². The van der Waals surface area contributed by atoms with Crippen LogP contribution in [-0.2, 0) is 17.8 Å². The van der Waals surface area contributed by atoms with Gasteiger partial charge in [0.2, 0.25) is 0 Å². The third-order valence-corrected chi connectivity index (χ3v) is 3.55. The molecule has 0 aromatic heterocycles. The molecule has 0 fully saturated rings. The molecule has 0 aliphatic rings. The summed E-state index contributed by atoms with van der Waals surface area (Å²) in [5.74, 6) is 0.182. The van der Waals surface area contributed by atoms with E-state index in [0.29, 0.717) is 33.7 Å². The number of carboxylic acids is 1. The number of benzene rings is 2. The van der Waals surface area contributed by atoms with Gasteiger partial charge in [0.15, 0.2) is 0 Å². The van der Waals surface area contributed by atoms with Crippen molar-refractivity contribution in [3.05, 3.63) is 57.6 Å². The predicted molar refractivity (Wildman–Crippen MR) is 85.1 cm³/mol. The van der Waals surface area contributed by atoms with E-state index in [1.807, 2.05) is 6.07 Å². The van der Waals surface area contributed by atoms with E-state index in [-0.39, 0.29) is 6.42 Å². The van der Waals surface area contributed by atoms with Gasteiger partial charge in [0, 0.05) is 0 Å². The molecule has 116 valence electrons. The number of carbonyl (C=O) groups is 1. The molecule has 0 aliphatic heterocycles. The molecular weight excluding hydrogens is 327 g/mol. The number of carboxylic acid groups (broad SMARTS) is 1. The summed E-state index contributed by atoms with van der Waals surface area (Å²) in [6.45, 7) is 0.293. The van der Waals surface area contributed by atoms with E-state index in [4.69, 9.17) is 37.8 Å². The Bertz CT molecular complexity index is 686. The molecule has 1 N–H and O–H groups in total. The number of rotatable bonds is 6. The first-order valence-corrected chi connectivity index (χ1v) is 7.20. The van der Waals surface area contributed by atoms with E-state index >= 15 is 0 Å². The van der Waals surface area contributed by atoms with Gasteiger partial charge < -0.3 is 14.6 Å². The van der Waals surface area contributed by atoms with Crippen LogP contribution >= 0.6 is 23.2 Å². The zero-order chi connectivity index (χ0) is 16.1. The topological polar surface area (TPSA) is 55.8 Å². The van der Waals surface area contributed by atoms with Gasteiger partial charge in [0.1, 0.15) is 18.1 Å². The molecule has 0 heterocycles. The first kappa shape index (κ1) is 16.5. The fourth-order valence-electron chi connectivity index (χ4n) is 1.91. The zero-order valence-electron chi connectivity index (χ0n) is 11.8. The lowest BCUT2D eigenvalue weighted by Gasteiger charge is -2.10. The minimum absolute atomic E-state index is 0.0753. The summed E-state index contributed by atoms with van der Waals surface area (Å²) in [7, 11) is 1.55. The summed E-state index contributed by atoms with van der Waals surface area (Å²) >= 11 is 12.1. The average Bonchev–Trinajstić information content (AvgIpc) is 2.46. The first-order chi connectivity index (χ1) is 10.5. The molecule has 0 radical (unpaired) electrons. The van der Waals surface area contributed by atoms with Crippen LogP contribution in [-0.4, -0.2) is 18.2 Å². The number of hydrogen-bond donors (Lipinski definition) is 1. The third-order valence-electron chi connectivity index (χ3n) is 2.96. The van der Waals surface area contributed by atoms with Gasteiger partial charge in [-0.3, -0.25) is 4.79 Å². The van der Waals surface area contributed by atoms with Gasteiger partial charge in [-0.25, -0.2) is 0 Å². The summed E-state index contributed by atoms with van der Waals surface area (Å²) < 4.78 is 10.7. The summed E-state index contributed by atoms with van der Waals surface area (Å²) in [6.07, 6.45) is -0.0753. The van der Waals surface area contributed by atoms with Crippen molar-refractivity contribution in [2.45, 2.75) is 13.0 Å². The van der Waals surface area contributed by atoms with Crippen LogP contribution < -0.4 is 9.47 Å². The second-order valence-corrected chi connectivity index (χ2v) is 5.41. The van der Waals surface area contributed by atoms with Crippen LogP contribution in [0.4, 0.5) is 0 Å². The fraction of sp³-hybridized carbons (Fsp3) is 0.188. The molecular formula is C16H14Cl2O4. The Morgan fingerprint density at radius 1 is 1.05 bits per heavy atom. The van der Waals surface area contributed by atoms with Crippen molar-refractivity contribution in [1.82, 2.24) is 0 Å². The molecule has 0 aliphatic carbocycles. The zero-order valence-corrected chi connectivity index (χ0v) is 13.3. The van der Waals surface area contributed by atoms with Crippen LogP contribution in [0.25, 0.3) is 0 Å². The number of ether oxygens (including phenoxy) is 2. The van der Waals surface area contributed by atoms with Gasteiger partial charge in [-0.05, 0) is 35.4 Å². The summed E-state index contributed by atoms with van der Waals surface area (Å²) in [4.78, 5) is 10.7. The highest BCUT2D eigenvalue weighted by molar-refractivity contribution is 6.32. The highest BCUT2D eigenvalue weighted by Gasteiger charge is 2.07. The maximum absolute atomic E-state index is 10.7. The van der Waals surface area contributed by atoms with E-state index in [9.17, 15) is 4.79 Å². The minimum Gasteiger partial charge on any atom is -0.495 e. The molecule has 0 bridgehead atoms. The molecule has 2 aromatic rings. The highest BCUT2D eigenvalue weighted by Crippen LogP contribution is 2.28. The Labute approximate surface area is 138 Å². The van der Waals surface area contributed by atoms with Crippen molar-refractivity contribution in [2.24, 2.45) is 0 Å². The van der Waals surface area contributed by atoms with E-state index in [1.165, 1.54) is 0 Å². The largest absolute Gasteiger partial charge is 0.495 e. The van der Waals surface area contributed by atoms with Crippen LogP contribution in [0.3, 0.4) is 0 Å². The second kappa shape index (κ2) is 7.38. The lowest BCUT2D eigenvalue weighted by molar-refractivity contribution is -0.136. The molecule has 0 atom stereocenters. The maximum Gasteiger partial charge on any atom is 0.307 e. The first-order valence-electron chi connectivity index (χ1n) is 6.45. The predicted octanol–water partition coefficient (Wildman–Crippen LogP) is 4.21. The molecule has 2 aromatic carbocycles. The SMILES string of the molecule is COc1ccc(COc2ccc(CC(=O)O)cc2Cl)cc1Cl. The van der Waals surface area contributed by atoms with Crippen LogP contribution in [0.1, 0.15) is 11.1 Å². The number of aliphatic carboxylic acids is 1. The maximum atomic E-state index is 10.7. The van der Waals surface area contributed by atoms with Crippen molar-refractivity contribution in [3.8, 4) is 11.5 Å². The summed E-state index contributed by atoms with van der Waals surface area (Å²) in [5, 5.41) is 9.63. The van der Waals surface area contributed by atoms with Crippen molar-refractivity contribution in [1.29, 1.82) is 0 Å². The van der Waals surface area contributed by atoms with Gasteiger partial charge in [0.25, 0.3) is 0 Å². The normalized spacial score (nSPS) is 10.3. The summed E-state index contributed by atoms with van der Waals surface area (Å²) in [5.41, 5.74) is 1.49. The number of halogens is 2. The molecule has 6 heteroatoms. The Kier molecular flexibility index (Phi) is 5.52. The Hall–Kier alpha value is -1.91. The van der Waals surface area contributed by atoms with Crippen molar-refractivity contribution in [3.63, 3.8) is 0 Å². The Morgan fingerprint density at radius 2 is 1.64 bits per heavy atom. The quantitative estimate of drug-likeness (QED) is 0.855. The van der Waals surface area contributed by atoms with E-state index in [2.05, 4.69) is 0 Å². The Balaban J connectivity index is 2.05. The van der Waals surface area contributed by atoms with Crippen LogP contribution in [0, 0.1) is 0 Å². The van der Waals surface area contributed by atoms with Gasteiger partial charge in [0.05, 0.1) is 23.6 Å². The third kappa shape index (κ3) is 4.29. The Morgan fingerprint density at radius 3 is 2.23 bits per heavy atom. The van der Waals surface area contributed by atoms with Crippen LogP contribution in [0.2, 0.25) is 10.0 Å². The smallest absolute Gasteiger partial charge is 0.307 e. The highest BCUT2D eigenvalue weighted by atomic mass is 35.5. The number of methoxy groups -OCH3 is 1. The molecule has 0 spiro atoms. The van der Waals surface area contributed by atoms with Gasteiger partial charge in [-0.2, -0.15) is 0 Å². The van der Waals surface area contributed by atoms with Crippen molar-refractivity contribution >= 4 is 29.2 Å². The molecule has 0 saturated heterocycles. The van der Waals surface area contributed by atoms with Gasteiger partial charge in [-0.15, -0.1) is 0 Å². The minimum atomic E-state index is -0.905. The molecule has 0 saturated carbocycles. The molecule has 0 amide bonds. The molecule has 2 rings (SSSR count). The van der Waals surface area contributed by atoms with Crippen LogP contribution in [0.15, 0.2) is 36.4 Å². The molecule has 0 unspecified atom stereocenters. The number of hydrogen-bond acceptors (Lipinski definition) is 3. The monoisotopic (exact) mass is 340 g/mol. The average molecular weight is 341 g/mol. The fourth-order valence-corrected chi connectivity index (χ4v) is 2.44. The molecule has 22 heavy (non-hydrogen) atoms. The summed E-state index contributed by atoms with van der Waals surface area (Å²) in [6, 6.07) is 10.3. The van der Waals surface area contributed by atoms with Crippen molar-refractivity contribution < 1.29 is 19.4 Å². The van der Waals surface area contributed by atoms with Crippen molar-refractivity contribution in [2.75, 3.05) is 7.11 Å².